The highest BCUT2D eigenvalue weighted by Gasteiger charge is 2.26. The summed E-state index contributed by atoms with van der Waals surface area (Å²) >= 11 is 5.42. The molecule has 0 aromatic rings. The molecule has 0 aliphatic rings. The summed E-state index contributed by atoms with van der Waals surface area (Å²) in [4.78, 5) is 21.9. The summed E-state index contributed by atoms with van der Waals surface area (Å²) in [5.74, 6) is -1.25. The van der Waals surface area contributed by atoms with Crippen LogP contribution < -0.4 is 5.32 Å². The van der Waals surface area contributed by atoms with Gasteiger partial charge in [0, 0.05) is 0 Å². The Kier molecular flexibility index (Phi) is 6.08. The van der Waals surface area contributed by atoms with Crippen molar-refractivity contribution in [1.82, 2.24) is 5.32 Å². The normalized spacial score (nSPS) is 16.3. The third-order valence-electron chi connectivity index (χ3n) is 2.02. The number of aliphatic carboxylic acids is 1. The second-order valence-corrected chi connectivity index (χ2v) is 3.91. The fraction of sp³-hybridized carbons (Fsp3) is 0.778. The molecule has 0 fully saturated rings. The van der Waals surface area contributed by atoms with E-state index in [1.165, 1.54) is 6.92 Å². The van der Waals surface area contributed by atoms with Gasteiger partial charge in [0.15, 0.2) is 5.56 Å². The molecule has 6 heteroatoms. The number of carbonyl (C=O) groups is 2. The SMILES string of the molecule is CCC(C)C(NC(=O)OC(C)Cl)C(=O)O. The van der Waals surface area contributed by atoms with Gasteiger partial charge in [-0.1, -0.05) is 31.9 Å². The predicted octanol–water partition coefficient (Wildman–Crippen LogP) is 1.80. The third kappa shape index (κ3) is 5.47. The van der Waals surface area contributed by atoms with Crippen molar-refractivity contribution in [2.45, 2.75) is 38.8 Å². The van der Waals surface area contributed by atoms with Crippen molar-refractivity contribution in [2.24, 2.45) is 5.92 Å². The summed E-state index contributed by atoms with van der Waals surface area (Å²) in [5, 5.41) is 11.1. The molecule has 0 aromatic carbocycles. The van der Waals surface area contributed by atoms with Crippen LogP contribution >= 0.6 is 11.6 Å². The largest absolute Gasteiger partial charge is 0.480 e. The van der Waals surface area contributed by atoms with Crippen LogP contribution in [0.4, 0.5) is 4.79 Å². The zero-order chi connectivity index (χ0) is 12.0. The number of carboxylic acid groups (broad SMARTS) is 1. The smallest absolute Gasteiger partial charge is 0.409 e. The van der Waals surface area contributed by atoms with Gasteiger partial charge in [-0.2, -0.15) is 0 Å². The van der Waals surface area contributed by atoms with Gasteiger partial charge >= 0.3 is 12.1 Å². The monoisotopic (exact) mass is 237 g/mol. The first-order chi connectivity index (χ1) is 6.88. The molecule has 0 aliphatic carbocycles. The fourth-order valence-electron chi connectivity index (χ4n) is 0.992. The van der Waals surface area contributed by atoms with Crippen molar-refractivity contribution in [1.29, 1.82) is 0 Å². The van der Waals surface area contributed by atoms with E-state index in [9.17, 15) is 9.59 Å². The van der Waals surface area contributed by atoms with E-state index < -0.39 is 23.7 Å². The van der Waals surface area contributed by atoms with Crippen LogP contribution in [0.2, 0.25) is 0 Å². The molecule has 0 aromatic heterocycles. The second-order valence-electron chi connectivity index (χ2n) is 3.29. The van der Waals surface area contributed by atoms with Crippen LogP contribution in [-0.4, -0.2) is 28.8 Å². The van der Waals surface area contributed by atoms with E-state index in [0.717, 1.165) is 0 Å². The Morgan fingerprint density at radius 2 is 2.00 bits per heavy atom. The summed E-state index contributed by atoms with van der Waals surface area (Å²) in [7, 11) is 0. The van der Waals surface area contributed by atoms with E-state index >= 15 is 0 Å². The Morgan fingerprint density at radius 3 is 2.33 bits per heavy atom. The van der Waals surface area contributed by atoms with Crippen molar-refractivity contribution in [3.05, 3.63) is 0 Å². The molecular formula is C9H16ClNO4. The fourth-order valence-corrected chi connectivity index (χ4v) is 1.07. The second kappa shape index (κ2) is 6.50. The highest BCUT2D eigenvalue weighted by molar-refractivity contribution is 6.19. The zero-order valence-electron chi connectivity index (χ0n) is 8.99. The maximum absolute atomic E-state index is 11.1. The molecule has 0 saturated carbocycles. The van der Waals surface area contributed by atoms with E-state index in [0.29, 0.717) is 6.42 Å². The molecule has 0 radical (unpaired) electrons. The van der Waals surface area contributed by atoms with Crippen LogP contribution in [0.25, 0.3) is 0 Å². The first-order valence-corrected chi connectivity index (χ1v) is 5.16. The molecule has 0 spiro atoms. The number of alkyl carbamates (subject to hydrolysis) is 1. The van der Waals surface area contributed by atoms with Crippen LogP contribution in [0, 0.1) is 5.92 Å². The predicted molar refractivity (Wildman–Crippen MR) is 55.8 cm³/mol. The number of halogens is 1. The van der Waals surface area contributed by atoms with E-state index in [1.807, 2.05) is 6.92 Å². The highest BCUT2D eigenvalue weighted by Crippen LogP contribution is 2.08. The number of nitrogens with one attached hydrogen (secondary N) is 1. The number of amides is 1. The van der Waals surface area contributed by atoms with Crippen LogP contribution in [0.3, 0.4) is 0 Å². The maximum atomic E-state index is 11.1. The van der Waals surface area contributed by atoms with Gasteiger partial charge in [0.25, 0.3) is 0 Å². The lowest BCUT2D eigenvalue weighted by Crippen LogP contribution is -2.45. The Labute approximate surface area is 93.7 Å². The molecule has 2 N–H and O–H groups in total. The van der Waals surface area contributed by atoms with Crippen LogP contribution in [0.1, 0.15) is 27.2 Å². The van der Waals surface area contributed by atoms with E-state index in [-0.39, 0.29) is 5.92 Å². The molecule has 0 bridgehead atoms. The molecule has 3 unspecified atom stereocenters. The molecule has 0 aliphatic heterocycles. The van der Waals surface area contributed by atoms with E-state index in [4.69, 9.17) is 16.7 Å². The molecule has 1 amide bonds. The Hall–Kier alpha value is -0.970. The molecule has 0 rings (SSSR count). The molecule has 15 heavy (non-hydrogen) atoms. The summed E-state index contributed by atoms with van der Waals surface area (Å²) in [5.41, 5.74) is -0.781. The van der Waals surface area contributed by atoms with Crippen molar-refractivity contribution < 1.29 is 19.4 Å². The summed E-state index contributed by atoms with van der Waals surface area (Å²) < 4.78 is 4.58. The van der Waals surface area contributed by atoms with Gasteiger partial charge < -0.3 is 15.2 Å². The minimum atomic E-state index is -1.08. The number of alkyl halides is 1. The quantitative estimate of drug-likeness (QED) is 0.715. The molecule has 0 saturated heterocycles. The number of rotatable bonds is 5. The van der Waals surface area contributed by atoms with Gasteiger partial charge in [-0.15, -0.1) is 0 Å². The average Bonchev–Trinajstić information content (AvgIpc) is 2.11. The molecule has 0 heterocycles. The van der Waals surface area contributed by atoms with Crippen LogP contribution in [0.15, 0.2) is 0 Å². The Balaban J connectivity index is 4.29. The molecular weight excluding hydrogens is 222 g/mol. The third-order valence-corrected chi connectivity index (χ3v) is 2.11. The van der Waals surface area contributed by atoms with Gasteiger partial charge in [-0.25, -0.2) is 9.59 Å². The Bertz CT molecular complexity index is 232. The maximum Gasteiger partial charge on any atom is 0.409 e. The number of carbonyl (C=O) groups excluding carboxylic acids is 1. The van der Waals surface area contributed by atoms with E-state index in [1.54, 1.807) is 6.92 Å². The number of hydrogen-bond acceptors (Lipinski definition) is 3. The molecule has 88 valence electrons. The first kappa shape index (κ1) is 14.0. The number of carboxylic acids is 1. The lowest BCUT2D eigenvalue weighted by atomic mass is 10.00. The highest BCUT2D eigenvalue weighted by atomic mass is 35.5. The summed E-state index contributed by atoms with van der Waals surface area (Å²) in [6.45, 7) is 5.06. The minimum Gasteiger partial charge on any atom is -0.480 e. The van der Waals surface area contributed by atoms with Crippen molar-refractivity contribution in [2.75, 3.05) is 0 Å². The molecule has 3 atom stereocenters. The Morgan fingerprint density at radius 1 is 1.47 bits per heavy atom. The molecule has 5 nitrogen and oxygen atoms in total. The summed E-state index contributed by atoms with van der Waals surface area (Å²) in [6.07, 6.45) is -0.168. The van der Waals surface area contributed by atoms with Gasteiger partial charge in [0.2, 0.25) is 0 Å². The van der Waals surface area contributed by atoms with Crippen molar-refractivity contribution >= 4 is 23.7 Å². The van der Waals surface area contributed by atoms with Gasteiger partial charge in [0.1, 0.15) is 6.04 Å². The zero-order valence-corrected chi connectivity index (χ0v) is 9.75. The summed E-state index contributed by atoms with van der Waals surface area (Å²) in [6, 6.07) is -0.946. The van der Waals surface area contributed by atoms with Gasteiger partial charge in [-0.05, 0) is 12.8 Å². The number of ether oxygens (including phenoxy) is 1. The lowest BCUT2D eigenvalue weighted by Gasteiger charge is -2.20. The minimum absolute atomic E-state index is 0.166. The van der Waals surface area contributed by atoms with Gasteiger partial charge in [0.05, 0.1) is 0 Å². The van der Waals surface area contributed by atoms with E-state index in [2.05, 4.69) is 10.1 Å². The lowest BCUT2D eigenvalue weighted by molar-refractivity contribution is -0.140. The van der Waals surface area contributed by atoms with Gasteiger partial charge in [-0.3, -0.25) is 0 Å². The number of hydrogen-bond donors (Lipinski definition) is 2. The van der Waals surface area contributed by atoms with Crippen molar-refractivity contribution in [3.8, 4) is 0 Å². The average molecular weight is 238 g/mol. The van der Waals surface area contributed by atoms with Crippen LogP contribution in [0.5, 0.6) is 0 Å². The standard InChI is InChI=1S/C9H16ClNO4/c1-4-5(2)7(8(12)13)11-9(14)15-6(3)10/h5-7H,4H2,1-3H3,(H,11,14)(H,12,13). The van der Waals surface area contributed by atoms with Crippen LogP contribution in [-0.2, 0) is 9.53 Å². The van der Waals surface area contributed by atoms with Crippen molar-refractivity contribution in [3.63, 3.8) is 0 Å². The first-order valence-electron chi connectivity index (χ1n) is 4.72. The topological polar surface area (TPSA) is 75.6 Å².